The fourth-order valence-corrected chi connectivity index (χ4v) is 5.14. The minimum absolute atomic E-state index is 0.560. The number of hydrogen-bond donors (Lipinski definition) is 0. The van der Waals surface area contributed by atoms with Crippen LogP contribution in [0.2, 0.25) is 0 Å². The molecule has 0 saturated heterocycles. The van der Waals surface area contributed by atoms with Crippen molar-refractivity contribution in [2.45, 2.75) is 118 Å². The first-order valence-electron chi connectivity index (χ1n) is 12.2. The van der Waals surface area contributed by atoms with Crippen LogP contribution in [0.3, 0.4) is 0 Å². The van der Waals surface area contributed by atoms with Gasteiger partial charge in [-0.25, -0.2) is 0 Å². The van der Waals surface area contributed by atoms with E-state index < -0.39 is 9.05 Å². The molecule has 0 aromatic heterocycles. The molecule has 0 amide bonds. The normalized spacial score (nSPS) is 13.2. The largest absolute Gasteiger partial charge is 0.679 e. The molecular formula is C23H50O4Si. The molecule has 28 heavy (non-hydrogen) atoms. The van der Waals surface area contributed by atoms with Gasteiger partial charge in [-0.2, -0.15) is 0 Å². The Bertz CT molecular complexity index is 284. The minimum atomic E-state index is -3.06. The van der Waals surface area contributed by atoms with Crippen molar-refractivity contribution in [2.75, 3.05) is 26.4 Å². The van der Waals surface area contributed by atoms with Crippen molar-refractivity contribution in [2.24, 2.45) is 5.92 Å². The molecule has 0 radical (unpaired) electrons. The van der Waals surface area contributed by atoms with Crippen molar-refractivity contribution < 1.29 is 17.7 Å². The second-order valence-corrected chi connectivity index (χ2v) is 10.0. The first-order chi connectivity index (χ1) is 13.7. The summed E-state index contributed by atoms with van der Waals surface area (Å²) in [4.78, 5) is 0. The Hall–Kier alpha value is 0.0569. The van der Waals surface area contributed by atoms with Crippen LogP contribution in [0.15, 0.2) is 0 Å². The van der Waals surface area contributed by atoms with Crippen LogP contribution in [0, 0.1) is 5.92 Å². The third-order valence-corrected chi connectivity index (χ3v) is 7.31. The molecule has 0 spiro atoms. The van der Waals surface area contributed by atoms with Crippen LogP contribution in [0.4, 0.5) is 0 Å². The second-order valence-electron chi connectivity index (χ2n) is 7.89. The Kier molecular flexibility index (Phi) is 20.4. The molecule has 0 fully saturated rings. The zero-order chi connectivity index (χ0) is 20.9. The van der Waals surface area contributed by atoms with Crippen molar-refractivity contribution in [1.82, 2.24) is 0 Å². The highest BCUT2D eigenvalue weighted by Gasteiger charge is 2.46. The van der Waals surface area contributed by atoms with Crippen molar-refractivity contribution >= 4 is 9.05 Å². The smallest absolute Gasteiger partial charge is 0.351 e. The van der Waals surface area contributed by atoms with Gasteiger partial charge in [0.05, 0.1) is 0 Å². The summed E-state index contributed by atoms with van der Waals surface area (Å²) >= 11 is 0. The van der Waals surface area contributed by atoms with E-state index in [0.29, 0.717) is 32.3 Å². The molecule has 1 atom stereocenters. The maximum Gasteiger partial charge on any atom is 0.679 e. The first kappa shape index (κ1) is 28.1. The molecule has 1 unspecified atom stereocenters. The van der Waals surface area contributed by atoms with E-state index in [0.717, 1.165) is 25.7 Å². The lowest BCUT2D eigenvalue weighted by molar-refractivity contribution is -0.0439. The summed E-state index contributed by atoms with van der Waals surface area (Å²) in [5.41, 5.74) is 0. The lowest BCUT2D eigenvalue weighted by Crippen LogP contribution is -2.50. The Balaban J connectivity index is 4.93. The molecule has 0 aromatic rings. The van der Waals surface area contributed by atoms with Gasteiger partial charge in [-0.1, -0.05) is 92.4 Å². The lowest BCUT2D eigenvalue weighted by atomic mass is 10.0. The molecule has 0 bridgehead atoms. The van der Waals surface area contributed by atoms with E-state index in [1.54, 1.807) is 0 Å². The summed E-state index contributed by atoms with van der Waals surface area (Å²) < 4.78 is 25.2. The number of rotatable bonds is 22. The number of hydrogen-bond acceptors (Lipinski definition) is 4. The van der Waals surface area contributed by atoms with Gasteiger partial charge in [-0.15, -0.1) is 0 Å². The van der Waals surface area contributed by atoms with Gasteiger partial charge in [0.2, 0.25) is 0 Å². The molecule has 170 valence electrons. The maximum atomic E-state index is 6.39. The topological polar surface area (TPSA) is 36.9 Å². The fourth-order valence-electron chi connectivity index (χ4n) is 3.02. The average Bonchev–Trinajstić information content (AvgIpc) is 2.72. The Labute approximate surface area is 177 Å². The van der Waals surface area contributed by atoms with Crippen LogP contribution in [-0.4, -0.2) is 35.5 Å². The van der Waals surface area contributed by atoms with E-state index in [-0.39, 0.29) is 0 Å². The third kappa shape index (κ3) is 15.0. The molecule has 0 saturated carbocycles. The number of unbranched alkanes of at least 4 members (excludes halogenated alkanes) is 7. The van der Waals surface area contributed by atoms with Gasteiger partial charge >= 0.3 is 9.05 Å². The monoisotopic (exact) mass is 418 g/mol. The lowest BCUT2D eigenvalue weighted by Gasteiger charge is -2.30. The summed E-state index contributed by atoms with van der Waals surface area (Å²) in [6, 6.07) is 0. The Morgan fingerprint density at radius 2 is 0.964 bits per heavy atom. The zero-order valence-corrected chi connectivity index (χ0v) is 20.7. The zero-order valence-electron chi connectivity index (χ0n) is 19.7. The van der Waals surface area contributed by atoms with Crippen molar-refractivity contribution in [3.8, 4) is 0 Å². The van der Waals surface area contributed by atoms with Gasteiger partial charge in [0.25, 0.3) is 0 Å². The van der Waals surface area contributed by atoms with Crippen LogP contribution in [-0.2, 0) is 17.7 Å². The highest BCUT2D eigenvalue weighted by Crippen LogP contribution is 2.20. The quantitative estimate of drug-likeness (QED) is 0.137. The second kappa shape index (κ2) is 20.3. The van der Waals surface area contributed by atoms with Gasteiger partial charge in [0, 0.05) is 26.4 Å². The van der Waals surface area contributed by atoms with Crippen LogP contribution < -0.4 is 0 Å². The summed E-state index contributed by atoms with van der Waals surface area (Å²) in [6.45, 7) is 13.8. The molecule has 5 heteroatoms. The van der Waals surface area contributed by atoms with Crippen LogP contribution in [0.25, 0.3) is 0 Å². The predicted octanol–water partition coefficient (Wildman–Crippen LogP) is 7.28. The van der Waals surface area contributed by atoms with Crippen LogP contribution in [0.5, 0.6) is 0 Å². The van der Waals surface area contributed by atoms with Gasteiger partial charge in [-0.3, -0.25) is 0 Å². The van der Waals surface area contributed by atoms with Crippen LogP contribution >= 0.6 is 0 Å². The Morgan fingerprint density at radius 1 is 0.536 bits per heavy atom. The van der Waals surface area contributed by atoms with Gasteiger partial charge in [-0.05, 0) is 31.6 Å². The van der Waals surface area contributed by atoms with E-state index in [4.69, 9.17) is 17.7 Å². The molecule has 0 heterocycles. The first-order valence-corrected chi connectivity index (χ1v) is 13.9. The molecule has 0 aromatic carbocycles. The Morgan fingerprint density at radius 3 is 1.32 bits per heavy atom. The van der Waals surface area contributed by atoms with Crippen molar-refractivity contribution in [1.29, 1.82) is 0 Å². The SMILES string of the molecule is CCCCCO[Si](OCCCCC)(OCCCCC)OCC(CC)CCCC. The van der Waals surface area contributed by atoms with Gasteiger partial charge in [0.15, 0.2) is 0 Å². The van der Waals surface area contributed by atoms with E-state index in [9.17, 15) is 0 Å². The summed E-state index contributed by atoms with van der Waals surface area (Å²) in [7, 11) is -3.06. The summed E-state index contributed by atoms with van der Waals surface area (Å²) in [5, 5.41) is 0. The molecule has 0 aliphatic carbocycles. The molecule has 0 aliphatic rings. The maximum absolute atomic E-state index is 6.39. The van der Waals surface area contributed by atoms with E-state index in [1.807, 2.05) is 0 Å². The average molecular weight is 419 g/mol. The molecule has 0 aliphatic heterocycles. The third-order valence-electron chi connectivity index (χ3n) is 5.12. The van der Waals surface area contributed by atoms with E-state index >= 15 is 0 Å². The van der Waals surface area contributed by atoms with Crippen molar-refractivity contribution in [3.63, 3.8) is 0 Å². The molecule has 4 nitrogen and oxygen atoms in total. The van der Waals surface area contributed by atoms with Gasteiger partial charge < -0.3 is 17.7 Å². The summed E-state index contributed by atoms with van der Waals surface area (Å²) in [6.07, 6.45) is 15.0. The van der Waals surface area contributed by atoms with E-state index in [2.05, 4.69) is 34.6 Å². The van der Waals surface area contributed by atoms with Gasteiger partial charge in [0.1, 0.15) is 0 Å². The molecule has 0 N–H and O–H groups in total. The molecular weight excluding hydrogens is 368 g/mol. The standard InChI is InChI=1S/C23H50O4Si/c1-6-11-15-19-24-28(25-20-16-12-7-2,26-21-17-13-8-3)27-22-23(10-5)18-14-9-4/h23H,6-22H2,1-5H3. The van der Waals surface area contributed by atoms with Crippen molar-refractivity contribution in [3.05, 3.63) is 0 Å². The minimum Gasteiger partial charge on any atom is -0.351 e. The molecule has 0 rings (SSSR count). The summed E-state index contributed by atoms with van der Waals surface area (Å²) in [5.74, 6) is 0.560. The fraction of sp³-hybridized carbons (Fsp3) is 1.00. The van der Waals surface area contributed by atoms with E-state index in [1.165, 1.54) is 57.8 Å². The highest BCUT2D eigenvalue weighted by atomic mass is 28.4. The highest BCUT2D eigenvalue weighted by molar-refractivity contribution is 6.53. The van der Waals surface area contributed by atoms with Crippen LogP contribution in [0.1, 0.15) is 118 Å². The predicted molar refractivity (Wildman–Crippen MR) is 121 cm³/mol.